The lowest BCUT2D eigenvalue weighted by Gasteiger charge is -2.06. The van der Waals surface area contributed by atoms with Gasteiger partial charge in [0.05, 0.1) is 17.6 Å². The van der Waals surface area contributed by atoms with E-state index in [0.29, 0.717) is 5.69 Å². The van der Waals surface area contributed by atoms with Crippen molar-refractivity contribution in [2.45, 2.75) is 0 Å². The largest absolute Gasteiger partial charge is 0.323 e. The molecule has 0 aliphatic carbocycles. The monoisotopic (exact) mass is 264 g/mol. The topological polar surface area (TPSA) is 80.0 Å². The van der Waals surface area contributed by atoms with Crippen LogP contribution in [0.2, 0.25) is 0 Å². The Morgan fingerprint density at radius 1 is 1.21 bits per heavy atom. The second-order valence-corrected chi connectivity index (χ2v) is 3.65. The number of anilines is 2. The highest BCUT2D eigenvalue weighted by molar-refractivity contribution is 6.03. The van der Waals surface area contributed by atoms with Gasteiger partial charge >= 0.3 is 0 Å². The van der Waals surface area contributed by atoms with E-state index in [2.05, 4.69) is 15.7 Å². The van der Waals surface area contributed by atoms with E-state index in [4.69, 9.17) is 5.84 Å². The number of halogens is 2. The van der Waals surface area contributed by atoms with Gasteiger partial charge in [0, 0.05) is 6.07 Å². The molecule has 1 heterocycles. The Kier molecular flexibility index (Phi) is 3.67. The molecule has 0 unspecified atom stereocenters. The smallest absolute Gasteiger partial charge is 0.274 e. The van der Waals surface area contributed by atoms with Gasteiger partial charge in [-0.05, 0) is 24.3 Å². The summed E-state index contributed by atoms with van der Waals surface area (Å²) in [7, 11) is 0. The van der Waals surface area contributed by atoms with Crippen LogP contribution in [0.15, 0.2) is 36.5 Å². The fraction of sp³-hybridized carbons (Fsp3) is 0. The third-order valence-electron chi connectivity index (χ3n) is 2.34. The van der Waals surface area contributed by atoms with Crippen LogP contribution in [0.4, 0.5) is 20.2 Å². The number of carbonyl (C=O) groups excluding carboxylic acids is 1. The fourth-order valence-electron chi connectivity index (χ4n) is 1.39. The van der Waals surface area contributed by atoms with Crippen molar-refractivity contribution in [3.05, 3.63) is 53.9 Å². The van der Waals surface area contributed by atoms with Gasteiger partial charge in [0.15, 0.2) is 0 Å². The van der Waals surface area contributed by atoms with Gasteiger partial charge < -0.3 is 10.7 Å². The highest BCUT2D eigenvalue weighted by Gasteiger charge is 2.11. The van der Waals surface area contributed by atoms with Crippen molar-refractivity contribution in [2.24, 2.45) is 5.84 Å². The molecule has 2 rings (SSSR count). The van der Waals surface area contributed by atoms with Crippen LogP contribution in [0.1, 0.15) is 10.5 Å². The first-order chi connectivity index (χ1) is 9.10. The van der Waals surface area contributed by atoms with Crippen LogP contribution in [0.25, 0.3) is 0 Å². The van der Waals surface area contributed by atoms with E-state index in [1.54, 1.807) is 0 Å². The average Bonchev–Trinajstić information content (AvgIpc) is 2.43. The summed E-state index contributed by atoms with van der Waals surface area (Å²) in [5.41, 5.74) is 2.69. The van der Waals surface area contributed by atoms with Gasteiger partial charge in [-0.2, -0.15) is 0 Å². The number of nitrogens with two attached hydrogens (primary N) is 1. The molecule has 1 aromatic carbocycles. The lowest BCUT2D eigenvalue weighted by Crippen LogP contribution is -2.15. The second-order valence-electron chi connectivity index (χ2n) is 3.65. The normalized spacial score (nSPS) is 10.1. The minimum atomic E-state index is -0.727. The lowest BCUT2D eigenvalue weighted by atomic mass is 10.2. The summed E-state index contributed by atoms with van der Waals surface area (Å²) in [5.74, 6) is 3.14. The van der Waals surface area contributed by atoms with Crippen LogP contribution in [0.3, 0.4) is 0 Å². The van der Waals surface area contributed by atoms with Crippen molar-refractivity contribution in [2.75, 3.05) is 10.7 Å². The minimum Gasteiger partial charge on any atom is -0.323 e. The van der Waals surface area contributed by atoms with Gasteiger partial charge in [0.1, 0.15) is 17.3 Å². The number of benzene rings is 1. The third kappa shape index (κ3) is 3.02. The predicted molar refractivity (Wildman–Crippen MR) is 66.4 cm³/mol. The molecular formula is C12H10F2N4O. The van der Waals surface area contributed by atoms with Crippen LogP contribution in [0, 0.1) is 11.6 Å². The molecule has 2 aromatic rings. The van der Waals surface area contributed by atoms with E-state index in [0.717, 1.165) is 18.2 Å². The zero-order valence-corrected chi connectivity index (χ0v) is 9.65. The number of hydrogen-bond acceptors (Lipinski definition) is 4. The predicted octanol–water partition coefficient (Wildman–Crippen LogP) is 1.90. The molecule has 0 saturated heterocycles. The first-order valence-corrected chi connectivity index (χ1v) is 5.29. The maximum absolute atomic E-state index is 13.3. The number of hydrogen-bond donors (Lipinski definition) is 3. The molecule has 0 radical (unpaired) electrons. The van der Waals surface area contributed by atoms with Gasteiger partial charge in [0.25, 0.3) is 5.91 Å². The zero-order valence-electron chi connectivity index (χ0n) is 9.65. The fourth-order valence-corrected chi connectivity index (χ4v) is 1.39. The van der Waals surface area contributed by atoms with Crippen LogP contribution in [-0.2, 0) is 0 Å². The Bertz CT molecular complexity index is 601. The quantitative estimate of drug-likeness (QED) is 0.584. The SMILES string of the molecule is NNc1ccc(C(=O)Nc2cc(F)ccc2F)nc1. The Morgan fingerprint density at radius 3 is 2.63 bits per heavy atom. The third-order valence-corrected chi connectivity index (χ3v) is 2.34. The minimum absolute atomic E-state index is 0.0580. The number of aromatic nitrogens is 1. The van der Waals surface area contributed by atoms with E-state index in [1.165, 1.54) is 18.3 Å². The number of amides is 1. The first-order valence-electron chi connectivity index (χ1n) is 5.29. The van der Waals surface area contributed by atoms with E-state index in [9.17, 15) is 13.6 Å². The Morgan fingerprint density at radius 2 is 2.00 bits per heavy atom. The molecule has 0 aliphatic heterocycles. The molecular weight excluding hydrogens is 254 g/mol. The van der Waals surface area contributed by atoms with E-state index in [-0.39, 0.29) is 11.4 Å². The molecule has 98 valence electrons. The Hall–Kier alpha value is -2.54. The van der Waals surface area contributed by atoms with Crippen molar-refractivity contribution in [1.82, 2.24) is 4.98 Å². The molecule has 0 bridgehead atoms. The molecule has 1 aromatic heterocycles. The van der Waals surface area contributed by atoms with Gasteiger partial charge in [-0.25, -0.2) is 13.8 Å². The van der Waals surface area contributed by atoms with Crippen molar-refractivity contribution in [1.29, 1.82) is 0 Å². The van der Waals surface area contributed by atoms with Crippen molar-refractivity contribution in [3.8, 4) is 0 Å². The molecule has 0 atom stereocenters. The number of carbonyl (C=O) groups is 1. The highest BCUT2D eigenvalue weighted by atomic mass is 19.1. The number of pyridine rings is 1. The Balaban J connectivity index is 2.18. The Labute approximate surface area is 107 Å². The summed E-state index contributed by atoms with van der Waals surface area (Å²) in [5, 5.41) is 2.24. The van der Waals surface area contributed by atoms with Gasteiger partial charge in [-0.1, -0.05) is 0 Å². The molecule has 4 N–H and O–H groups in total. The van der Waals surface area contributed by atoms with Gasteiger partial charge in [-0.3, -0.25) is 10.6 Å². The summed E-state index contributed by atoms with van der Waals surface area (Å²) < 4.78 is 26.3. The summed E-state index contributed by atoms with van der Waals surface area (Å²) in [6, 6.07) is 5.72. The molecule has 1 amide bonds. The summed E-state index contributed by atoms with van der Waals surface area (Å²) in [6.45, 7) is 0. The van der Waals surface area contributed by atoms with Crippen molar-refractivity contribution < 1.29 is 13.6 Å². The molecule has 5 nitrogen and oxygen atoms in total. The summed E-state index contributed by atoms with van der Waals surface area (Å²) >= 11 is 0. The molecule has 0 aliphatic rings. The summed E-state index contributed by atoms with van der Waals surface area (Å²) in [6.07, 6.45) is 1.34. The molecule has 19 heavy (non-hydrogen) atoms. The van der Waals surface area contributed by atoms with Gasteiger partial charge in [-0.15, -0.1) is 0 Å². The van der Waals surface area contributed by atoms with Crippen LogP contribution < -0.4 is 16.6 Å². The van der Waals surface area contributed by atoms with Crippen molar-refractivity contribution in [3.63, 3.8) is 0 Å². The number of nitrogens with zero attached hydrogens (tertiary/aromatic N) is 1. The van der Waals surface area contributed by atoms with Crippen LogP contribution in [-0.4, -0.2) is 10.9 Å². The maximum atomic E-state index is 13.3. The van der Waals surface area contributed by atoms with Gasteiger partial charge in [0.2, 0.25) is 0 Å². The van der Waals surface area contributed by atoms with Crippen LogP contribution >= 0.6 is 0 Å². The molecule has 0 saturated carbocycles. The molecule has 0 fully saturated rings. The van der Waals surface area contributed by atoms with Crippen LogP contribution in [0.5, 0.6) is 0 Å². The van der Waals surface area contributed by atoms with E-state index >= 15 is 0 Å². The second kappa shape index (κ2) is 5.40. The zero-order chi connectivity index (χ0) is 13.8. The molecule has 7 heteroatoms. The maximum Gasteiger partial charge on any atom is 0.274 e. The first kappa shape index (κ1) is 12.9. The highest BCUT2D eigenvalue weighted by Crippen LogP contribution is 2.16. The lowest BCUT2D eigenvalue weighted by molar-refractivity contribution is 0.102. The average molecular weight is 264 g/mol. The summed E-state index contributed by atoms with van der Waals surface area (Å²) in [4.78, 5) is 15.6. The standard InChI is InChI=1S/C12H10F2N4O/c13-7-1-3-9(14)11(5-7)17-12(19)10-4-2-8(18-15)6-16-10/h1-6,18H,15H2,(H,17,19). The van der Waals surface area contributed by atoms with E-state index < -0.39 is 17.5 Å². The van der Waals surface area contributed by atoms with E-state index in [1.807, 2.05) is 0 Å². The van der Waals surface area contributed by atoms with Crippen molar-refractivity contribution >= 4 is 17.3 Å². The number of rotatable bonds is 3. The number of nitrogen functional groups attached to an aromatic ring is 1. The number of nitrogens with one attached hydrogen (secondary N) is 2. The number of hydrazine groups is 1. The molecule has 0 spiro atoms.